The van der Waals surface area contributed by atoms with Gasteiger partial charge in [-0.2, -0.15) is 4.98 Å². The Morgan fingerprint density at radius 3 is 2.50 bits per heavy atom. The molecular weight excluding hydrogens is 424 g/mol. The molecule has 172 valence electrons. The number of para-hydroxylation sites is 1. The number of hydrogen-bond donors (Lipinski definition) is 0. The van der Waals surface area contributed by atoms with E-state index in [0.717, 1.165) is 27.8 Å². The highest BCUT2D eigenvalue weighted by Crippen LogP contribution is 2.30. The summed E-state index contributed by atoms with van der Waals surface area (Å²) in [6.45, 7) is 7.30. The summed E-state index contributed by atoms with van der Waals surface area (Å²) in [6, 6.07) is 21.5. The van der Waals surface area contributed by atoms with Crippen LogP contribution in [-0.2, 0) is 6.54 Å². The third-order valence-corrected chi connectivity index (χ3v) is 5.73. The van der Waals surface area contributed by atoms with Crippen LogP contribution in [0, 0.1) is 12.3 Å². The number of benzene rings is 3. The van der Waals surface area contributed by atoms with E-state index in [4.69, 9.17) is 15.9 Å². The van der Waals surface area contributed by atoms with Crippen molar-refractivity contribution in [2.45, 2.75) is 33.2 Å². The number of rotatable bonds is 8. The van der Waals surface area contributed by atoms with Crippen LogP contribution in [0.4, 0.5) is 0 Å². The second kappa shape index (κ2) is 10.3. The van der Waals surface area contributed by atoms with Gasteiger partial charge in [0.15, 0.2) is 0 Å². The van der Waals surface area contributed by atoms with E-state index in [1.807, 2.05) is 61.5 Å². The van der Waals surface area contributed by atoms with E-state index in [1.54, 1.807) is 4.57 Å². The molecule has 34 heavy (non-hydrogen) atoms. The molecule has 4 aromatic rings. The monoisotopic (exact) mass is 452 g/mol. The van der Waals surface area contributed by atoms with E-state index < -0.39 is 0 Å². The molecule has 1 aromatic heterocycles. The van der Waals surface area contributed by atoms with Crippen LogP contribution in [0.25, 0.3) is 22.2 Å². The molecule has 3 aromatic carbocycles. The predicted octanol–water partition coefficient (Wildman–Crippen LogP) is 5.65. The Bertz CT molecular complexity index is 1400. The molecule has 0 radical (unpaired) electrons. The predicted molar refractivity (Wildman–Crippen MR) is 137 cm³/mol. The first-order chi connectivity index (χ1) is 16.5. The molecule has 0 bridgehead atoms. The van der Waals surface area contributed by atoms with Gasteiger partial charge < -0.3 is 9.47 Å². The summed E-state index contributed by atoms with van der Waals surface area (Å²) in [6.07, 6.45) is 5.37. The third kappa shape index (κ3) is 4.82. The highest BCUT2D eigenvalue weighted by Gasteiger charge is 2.15. The number of fused-ring (bicyclic) bond motifs is 1. The van der Waals surface area contributed by atoms with Crippen LogP contribution in [0.5, 0.6) is 11.5 Å². The quantitative estimate of drug-likeness (QED) is 0.324. The molecule has 0 aliphatic carbocycles. The first-order valence-electron chi connectivity index (χ1n) is 11.4. The zero-order valence-electron chi connectivity index (χ0n) is 19.7. The van der Waals surface area contributed by atoms with Gasteiger partial charge in [0.1, 0.15) is 18.1 Å². The summed E-state index contributed by atoms with van der Waals surface area (Å²) in [4.78, 5) is 17.8. The van der Waals surface area contributed by atoms with Crippen LogP contribution in [0.1, 0.15) is 37.8 Å². The molecule has 0 spiro atoms. The molecule has 5 nitrogen and oxygen atoms in total. The first-order valence-corrected chi connectivity index (χ1v) is 11.4. The van der Waals surface area contributed by atoms with Gasteiger partial charge in [-0.25, -0.2) is 4.79 Å². The average Bonchev–Trinajstić information content (AvgIpc) is 2.85. The fourth-order valence-electron chi connectivity index (χ4n) is 3.97. The Balaban J connectivity index is 1.88. The maximum absolute atomic E-state index is 13.3. The van der Waals surface area contributed by atoms with E-state index in [2.05, 4.69) is 36.9 Å². The lowest BCUT2D eigenvalue weighted by molar-refractivity contribution is 0.336. The molecule has 0 aliphatic rings. The average molecular weight is 453 g/mol. The second-order valence-electron chi connectivity index (χ2n) is 8.32. The van der Waals surface area contributed by atoms with Gasteiger partial charge in [-0.3, -0.25) is 4.57 Å². The van der Waals surface area contributed by atoms with Crippen molar-refractivity contribution in [3.8, 4) is 35.1 Å². The molecule has 0 N–H and O–H groups in total. The van der Waals surface area contributed by atoms with E-state index >= 15 is 0 Å². The molecule has 0 saturated heterocycles. The van der Waals surface area contributed by atoms with Crippen LogP contribution >= 0.6 is 0 Å². The van der Waals surface area contributed by atoms with Gasteiger partial charge in [-0.15, -0.1) is 6.42 Å². The van der Waals surface area contributed by atoms with Gasteiger partial charge in [0, 0.05) is 16.5 Å². The molecule has 1 heterocycles. The standard InChI is InChI=1S/C29H28N2O3/c1-5-17-34-24-15-16-26-25(18-24)28(22-13-11-21(12-14-22)20(3)4)30-29(32)31(26)19-23-9-7-8-10-27(23)33-6-2/h1,7-16,18,20H,6,17,19H2,2-4H3. The highest BCUT2D eigenvalue weighted by atomic mass is 16.5. The Morgan fingerprint density at radius 1 is 1.03 bits per heavy atom. The molecule has 0 amide bonds. The van der Waals surface area contributed by atoms with Crippen LogP contribution in [-0.4, -0.2) is 22.8 Å². The maximum Gasteiger partial charge on any atom is 0.348 e. The van der Waals surface area contributed by atoms with Gasteiger partial charge in [0.05, 0.1) is 24.4 Å². The van der Waals surface area contributed by atoms with Gasteiger partial charge in [-0.1, -0.05) is 62.2 Å². The van der Waals surface area contributed by atoms with Crippen LogP contribution in [0.15, 0.2) is 71.5 Å². The number of ether oxygens (including phenoxy) is 2. The van der Waals surface area contributed by atoms with Crippen molar-refractivity contribution in [1.29, 1.82) is 0 Å². The largest absolute Gasteiger partial charge is 0.494 e. The summed E-state index contributed by atoms with van der Waals surface area (Å²) in [5, 5.41) is 0.820. The van der Waals surface area contributed by atoms with Crippen molar-refractivity contribution in [3.63, 3.8) is 0 Å². The van der Waals surface area contributed by atoms with Crippen LogP contribution in [0.3, 0.4) is 0 Å². The number of nitrogens with zero attached hydrogens (tertiary/aromatic N) is 2. The fourth-order valence-corrected chi connectivity index (χ4v) is 3.97. The lowest BCUT2D eigenvalue weighted by atomic mass is 9.99. The molecule has 0 atom stereocenters. The lowest BCUT2D eigenvalue weighted by Gasteiger charge is -2.16. The molecular formula is C29H28N2O3. The van der Waals surface area contributed by atoms with Gasteiger partial charge in [0.25, 0.3) is 0 Å². The molecule has 0 saturated carbocycles. The summed E-state index contributed by atoms with van der Waals surface area (Å²) in [5.74, 6) is 4.30. The van der Waals surface area contributed by atoms with Gasteiger partial charge in [-0.05, 0) is 42.7 Å². The second-order valence-corrected chi connectivity index (χ2v) is 8.32. The van der Waals surface area contributed by atoms with Crippen molar-refractivity contribution in [3.05, 3.63) is 88.3 Å². The van der Waals surface area contributed by atoms with E-state index in [9.17, 15) is 4.79 Å². The Morgan fingerprint density at radius 2 is 1.79 bits per heavy atom. The van der Waals surface area contributed by atoms with E-state index in [1.165, 1.54) is 5.56 Å². The Kier molecular flexibility index (Phi) is 6.98. The van der Waals surface area contributed by atoms with Crippen molar-refractivity contribution in [2.24, 2.45) is 0 Å². The highest BCUT2D eigenvalue weighted by molar-refractivity contribution is 5.93. The van der Waals surface area contributed by atoms with Crippen molar-refractivity contribution in [1.82, 2.24) is 9.55 Å². The minimum absolute atomic E-state index is 0.165. The first kappa shape index (κ1) is 23.1. The van der Waals surface area contributed by atoms with Gasteiger partial charge in [0.2, 0.25) is 0 Å². The van der Waals surface area contributed by atoms with Crippen molar-refractivity contribution in [2.75, 3.05) is 13.2 Å². The minimum atomic E-state index is -0.320. The molecule has 0 aliphatic heterocycles. The SMILES string of the molecule is C#CCOc1ccc2c(c1)c(-c1ccc(C(C)C)cc1)nc(=O)n2Cc1ccccc1OCC. The fraction of sp³-hybridized carbons (Fsp3) is 0.241. The molecule has 0 unspecified atom stereocenters. The smallest absolute Gasteiger partial charge is 0.348 e. The summed E-state index contributed by atoms with van der Waals surface area (Å²) in [7, 11) is 0. The molecule has 0 fully saturated rings. The topological polar surface area (TPSA) is 53.3 Å². The summed E-state index contributed by atoms with van der Waals surface area (Å²) in [5.41, 5.74) is 4.09. The van der Waals surface area contributed by atoms with Gasteiger partial charge >= 0.3 is 5.69 Å². The number of hydrogen-bond acceptors (Lipinski definition) is 4. The normalized spacial score (nSPS) is 10.9. The molecule has 4 rings (SSSR count). The van der Waals surface area contributed by atoms with Crippen LogP contribution < -0.4 is 15.2 Å². The Labute approximate surface area is 200 Å². The van der Waals surface area contributed by atoms with E-state index in [-0.39, 0.29) is 12.3 Å². The zero-order chi connectivity index (χ0) is 24.1. The van der Waals surface area contributed by atoms with Crippen LogP contribution in [0.2, 0.25) is 0 Å². The van der Waals surface area contributed by atoms with Crippen molar-refractivity contribution >= 4 is 10.9 Å². The van der Waals surface area contributed by atoms with E-state index in [0.29, 0.717) is 30.5 Å². The molecule has 5 heteroatoms. The third-order valence-electron chi connectivity index (χ3n) is 5.73. The number of terminal acetylenes is 1. The minimum Gasteiger partial charge on any atom is -0.494 e. The maximum atomic E-state index is 13.3. The Hall–Kier alpha value is -4.04. The number of aromatic nitrogens is 2. The van der Waals surface area contributed by atoms with Crippen molar-refractivity contribution < 1.29 is 9.47 Å². The summed E-state index contributed by atoms with van der Waals surface area (Å²) >= 11 is 0. The zero-order valence-corrected chi connectivity index (χ0v) is 19.7. The lowest BCUT2D eigenvalue weighted by Crippen LogP contribution is -2.25. The summed E-state index contributed by atoms with van der Waals surface area (Å²) < 4.78 is 13.1.